The van der Waals surface area contributed by atoms with Crippen molar-refractivity contribution < 1.29 is 0 Å². The molecule has 1 aliphatic carbocycles. The third-order valence-corrected chi connectivity index (χ3v) is 4.65. The minimum Gasteiger partial charge on any atom is -0.399 e. The van der Waals surface area contributed by atoms with E-state index >= 15 is 0 Å². The van der Waals surface area contributed by atoms with Crippen molar-refractivity contribution in [3.8, 4) is 0 Å². The van der Waals surface area contributed by atoms with Crippen LogP contribution in [-0.4, -0.2) is 10.2 Å². The number of rotatable bonds is 2. The fourth-order valence-corrected chi connectivity index (χ4v) is 3.87. The fraction of sp³-hybridized carbons (Fsp3) is 0.385. The maximum atomic E-state index is 5.92. The van der Waals surface area contributed by atoms with E-state index in [1.54, 1.807) is 0 Å². The minimum atomic E-state index is 0.792. The molecule has 1 aliphatic rings. The first-order chi connectivity index (χ1) is 7.83. The molecule has 1 aromatic carbocycles. The summed E-state index contributed by atoms with van der Waals surface area (Å²) in [6.45, 7) is 0. The lowest BCUT2D eigenvalue weighted by Crippen LogP contribution is -1.94. The Morgan fingerprint density at radius 3 is 2.88 bits per heavy atom. The number of H-pyrrole nitrogens is 1. The number of benzene rings is 1. The molecule has 2 aromatic rings. The Balaban J connectivity index is 1.97. The molecular formula is C13H16N2S. The van der Waals surface area contributed by atoms with Crippen LogP contribution in [0.15, 0.2) is 29.3 Å². The molecular weight excluding hydrogens is 216 g/mol. The second kappa shape index (κ2) is 4.06. The Labute approximate surface area is 99.6 Å². The number of nitrogens with two attached hydrogens (primary N) is 1. The summed E-state index contributed by atoms with van der Waals surface area (Å²) in [5, 5.41) is 2.10. The summed E-state index contributed by atoms with van der Waals surface area (Å²) in [6, 6.07) is 6.26. The Kier molecular flexibility index (Phi) is 2.56. The molecule has 0 amide bonds. The molecule has 16 heavy (non-hydrogen) atoms. The van der Waals surface area contributed by atoms with Gasteiger partial charge >= 0.3 is 0 Å². The molecule has 2 nitrogen and oxygen atoms in total. The van der Waals surface area contributed by atoms with Crippen molar-refractivity contribution in [2.45, 2.75) is 35.8 Å². The van der Waals surface area contributed by atoms with Gasteiger partial charge in [0, 0.05) is 32.9 Å². The Bertz CT molecular complexity index is 498. The molecule has 1 aromatic heterocycles. The van der Waals surface area contributed by atoms with E-state index < -0.39 is 0 Å². The number of hydrogen-bond donors (Lipinski definition) is 2. The predicted molar refractivity (Wildman–Crippen MR) is 70.8 cm³/mol. The van der Waals surface area contributed by atoms with Gasteiger partial charge in [-0.1, -0.05) is 12.8 Å². The zero-order chi connectivity index (χ0) is 11.0. The molecule has 84 valence electrons. The summed E-state index contributed by atoms with van der Waals surface area (Å²) in [5.41, 5.74) is 7.93. The summed E-state index contributed by atoms with van der Waals surface area (Å²) < 4.78 is 0. The van der Waals surface area contributed by atoms with E-state index in [0.29, 0.717) is 0 Å². The van der Waals surface area contributed by atoms with Gasteiger partial charge in [0.15, 0.2) is 0 Å². The van der Waals surface area contributed by atoms with Crippen LogP contribution in [0.3, 0.4) is 0 Å². The van der Waals surface area contributed by atoms with Crippen molar-refractivity contribution in [2.75, 3.05) is 5.73 Å². The average molecular weight is 232 g/mol. The van der Waals surface area contributed by atoms with Crippen LogP contribution in [0, 0.1) is 0 Å². The van der Waals surface area contributed by atoms with Gasteiger partial charge in [0.1, 0.15) is 0 Å². The van der Waals surface area contributed by atoms with Crippen molar-refractivity contribution in [1.82, 2.24) is 4.98 Å². The lowest BCUT2D eigenvalue weighted by molar-refractivity contribution is 0.886. The topological polar surface area (TPSA) is 41.8 Å². The molecule has 0 spiro atoms. The number of hydrogen-bond acceptors (Lipinski definition) is 2. The van der Waals surface area contributed by atoms with E-state index in [9.17, 15) is 0 Å². The van der Waals surface area contributed by atoms with Crippen molar-refractivity contribution in [1.29, 1.82) is 0 Å². The van der Waals surface area contributed by atoms with Crippen molar-refractivity contribution >= 4 is 28.4 Å². The Morgan fingerprint density at radius 1 is 1.25 bits per heavy atom. The van der Waals surface area contributed by atoms with Crippen LogP contribution in [0.25, 0.3) is 10.9 Å². The van der Waals surface area contributed by atoms with Gasteiger partial charge < -0.3 is 10.7 Å². The van der Waals surface area contributed by atoms with Gasteiger partial charge in [-0.15, -0.1) is 11.8 Å². The Hall–Kier alpha value is -1.09. The third-order valence-electron chi connectivity index (χ3n) is 3.25. The summed E-state index contributed by atoms with van der Waals surface area (Å²) in [5.74, 6) is 0. The van der Waals surface area contributed by atoms with Crippen molar-refractivity contribution in [2.24, 2.45) is 0 Å². The highest BCUT2D eigenvalue weighted by Crippen LogP contribution is 2.38. The van der Waals surface area contributed by atoms with Gasteiger partial charge in [-0.3, -0.25) is 0 Å². The maximum absolute atomic E-state index is 5.92. The maximum Gasteiger partial charge on any atom is 0.0485 e. The van der Waals surface area contributed by atoms with Gasteiger partial charge in [0.05, 0.1) is 0 Å². The zero-order valence-electron chi connectivity index (χ0n) is 9.20. The smallest absolute Gasteiger partial charge is 0.0485 e. The summed E-state index contributed by atoms with van der Waals surface area (Å²) in [4.78, 5) is 4.57. The quantitative estimate of drug-likeness (QED) is 0.774. The molecule has 3 N–H and O–H groups in total. The number of anilines is 1. The number of nitrogen functional groups attached to an aromatic ring is 1. The lowest BCUT2D eigenvalue weighted by atomic mass is 10.2. The predicted octanol–water partition coefficient (Wildman–Crippen LogP) is 3.78. The first-order valence-corrected chi connectivity index (χ1v) is 6.74. The van der Waals surface area contributed by atoms with Gasteiger partial charge in [-0.25, -0.2) is 0 Å². The van der Waals surface area contributed by atoms with Crippen LogP contribution < -0.4 is 5.73 Å². The number of aromatic amines is 1. The van der Waals surface area contributed by atoms with Crippen LogP contribution in [-0.2, 0) is 0 Å². The van der Waals surface area contributed by atoms with E-state index in [1.807, 2.05) is 24.0 Å². The van der Waals surface area contributed by atoms with Crippen LogP contribution in [0.4, 0.5) is 5.69 Å². The van der Waals surface area contributed by atoms with Crippen molar-refractivity contribution in [3.63, 3.8) is 0 Å². The van der Waals surface area contributed by atoms with E-state index in [1.165, 1.54) is 36.0 Å². The SMILES string of the molecule is Nc1cc(SC2CCCC2)c2cc[nH]c2c1. The van der Waals surface area contributed by atoms with Gasteiger partial charge in [-0.05, 0) is 31.0 Å². The van der Waals surface area contributed by atoms with Gasteiger partial charge in [0.25, 0.3) is 0 Å². The monoisotopic (exact) mass is 232 g/mol. The molecule has 3 rings (SSSR count). The third kappa shape index (κ3) is 1.80. The summed E-state index contributed by atoms with van der Waals surface area (Å²) >= 11 is 2.00. The van der Waals surface area contributed by atoms with Gasteiger partial charge in [-0.2, -0.15) is 0 Å². The van der Waals surface area contributed by atoms with Gasteiger partial charge in [0.2, 0.25) is 0 Å². The number of aromatic nitrogens is 1. The second-order valence-electron chi connectivity index (χ2n) is 4.48. The van der Waals surface area contributed by atoms with E-state index in [2.05, 4.69) is 17.1 Å². The highest BCUT2D eigenvalue weighted by Gasteiger charge is 2.17. The summed E-state index contributed by atoms with van der Waals surface area (Å²) in [7, 11) is 0. The van der Waals surface area contributed by atoms with E-state index in [4.69, 9.17) is 5.73 Å². The highest BCUT2D eigenvalue weighted by atomic mass is 32.2. The van der Waals surface area contributed by atoms with E-state index in [-0.39, 0.29) is 0 Å². The molecule has 1 saturated carbocycles. The number of nitrogens with one attached hydrogen (secondary N) is 1. The molecule has 1 fully saturated rings. The molecule has 0 saturated heterocycles. The van der Waals surface area contributed by atoms with Crippen molar-refractivity contribution in [3.05, 3.63) is 24.4 Å². The normalized spacial score (nSPS) is 17.2. The fourth-order valence-electron chi connectivity index (χ4n) is 2.44. The molecule has 0 unspecified atom stereocenters. The van der Waals surface area contributed by atoms with E-state index in [0.717, 1.165) is 16.5 Å². The molecule has 0 bridgehead atoms. The Morgan fingerprint density at radius 2 is 2.06 bits per heavy atom. The second-order valence-corrected chi connectivity index (χ2v) is 5.82. The lowest BCUT2D eigenvalue weighted by Gasteiger charge is -2.10. The molecule has 1 heterocycles. The average Bonchev–Trinajstić information content (AvgIpc) is 2.87. The molecule has 0 aliphatic heterocycles. The van der Waals surface area contributed by atoms with Crippen LogP contribution in [0.2, 0.25) is 0 Å². The standard InChI is InChI=1S/C13H16N2S/c14-9-7-12-11(5-6-15-12)13(8-9)16-10-3-1-2-4-10/h5-8,10,15H,1-4,14H2. The van der Waals surface area contributed by atoms with Crippen LogP contribution in [0.1, 0.15) is 25.7 Å². The minimum absolute atomic E-state index is 0.792. The molecule has 0 radical (unpaired) electrons. The molecule has 0 atom stereocenters. The van der Waals surface area contributed by atoms with Crippen LogP contribution >= 0.6 is 11.8 Å². The summed E-state index contributed by atoms with van der Waals surface area (Å²) in [6.07, 6.45) is 7.46. The molecule has 3 heteroatoms. The highest BCUT2D eigenvalue weighted by molar-refractivity contribution is 8.00. The number of thioether (sulfide) groups is 1. The first kappa shape index (κ1) is 10.1. The largest absolute Gasteiger partial charge is 0.399 e. The first-order valence-electron chi connectivity index (χ1n) is 5.86. The zero-order valence-corrected chi connectivity index (χ0v) is 10.0. The van der Waals surface area contributed by atoms with Crippen LogP contribution in [0.5, 0.6) is 0 Å². The number of fused-ring (bicyclic) bond motifs is 1.